The summed E-state index contributed by atoms with van der Waals surface area (Å²) in [5.41, 5.74) is 7.62. The second-order valence-corrected chi connectivity index (χ2v) is 6.70. The predicted molar refractivity (Wildman–Crippen MR) is 95.7 cm³/mol. The summed E-state index contributed by atoms with van der Waals surface area (Å²) in [7, 11) is 0. The first-order valence-corrected chi connectivity index (χ1v) is 8.49. The smallest absolute Gasteiger partial charge is 0.160 e. The van der Waals surface area contributed by atoms with Crippen molar-refractivity contribution in [2.45, 2.75) is 29.6 Å². The van der Waals surface area contributed by atoms with Crippen LogP contribution in [0.1, 0.15) is 31.2 Å². The van der Waals surface area contributed by atoms with Gasteiger partial charge in [-0.25, -0.2) is 0 Å². The molecule has 0 saturated heterocycles. The van der Waals surface area contributed by atoms with Crippen LogP contribution in [0.15, 0.2) is 58.5 Å². The van der Waals surface area contributed by atoms with Crippen molar-refractivity contribution < 1.29 is 0 Å². The van der Waals surface area contributed by atoms with Gasteiger partial charge in [-0.2, -0.15) is 0 Å². The van der Waals surface area contributed by atoms with Crippen molar-refractivity contribution in [1.82, 2.24) is 14.6 Å². The molecule has 0 unspecified atom stereocenters. The van der Waals surface area contributed by atoms with Crippen molar-refractivity contribution in [2.24, 2.45) is 5.73 Å². The van der Waals surface area contributed by atoms with Gasteiger partial charge in [0.25, 0.3) is 0 Å². The molecule has 2 heterocycles. The minimum atomic E-state index is 0.338. The molecular formula is C18H20N4S. The van der Waals surface area contributed by atoms with Gasteiger partial charge in [-0.15, -0.1) is 10.2 Å². The van der Waals surface area contributed by atoms with Crippen LogP contribution in [0.3, 0.4) is 0 Å². The molecule has 0 spiro atoms. The molecule has 0 atom stereocenters. The summed E-state index contributed by atoms with van der Waals surface area (Å²) in [6.07, 6.45) is 6.15. The second-order valence-electron chi connectivity index (χ2n) is 5.58. The molecule has 5 heteroatoms. The van der Waals surface area contributed by atoms with E-state index in [-0.39, 0.29) is 0 Å². The van der Waals surface area contributed by atoms with E-state index in [9.17, 15) is 0 Å². The number of hydrogen-bond acceptors (Lipinski definition) is 4. The Bertz CT molecular complexity index is 836. The van der Waals surface area contributed by atoms with Crippen LogP contribution in [-0.4, -0.2) is 21.1 Å². The molecule has 1 aromatic carbocycles. The summed E-state index contributed by atoms with van der Waals surface area (Å²) in [5.74, 6) is 1.32. The normalized spacial score (nSPS) is 11.8. The lowest BCUT2D eigenvalue weighted by Crippen LogP contribution is -1.97. The van der Waals surface area contributed by atoms with E-state index in [2.05, 4.69) is 65.0 Å². The van der Waals surface area contributed by atoms with Gasteiger partial charge in [-0.3, -0.25) is 4.40 Å². The van der Waals surface area contributed by atoms with Crippen molar-refractivity contribution in [1.29, 1.82) is 0 Å². The minimum absolute atomic E-state index is 0.338. The van der Waals surface area contributed by atoms with Crippen LogP contribution in [0.25, 0.3) is 11.7 Å². The molecule has 0 aliphatic carbocycles. The predicted octanol–water partition coefficient (Wildman–Crippen LogP) is 3.98. The molecule has 3 aromatic rings. The highest BCUT2D eigenvalue weighted by Crippen LogP contribution is 2.31. The Labute approximate surface area is 140 Å². The maximum atomic E-state index is 5.56. The Balaban J connectivity index is 1.96. The number of nitrogens with two attached hydrogens (primary N) is 1. The number of nitrogens with zero attached hydrogens (tertiary/aromatic N) is 3. The molecule has 3 rings (SSSR count). The number of rotatable bonds is 5. The highest BCUT2D eigenvalue weighted by molar-refractivity contribution is 7.99. The molecule has 0 fully saturated rings. The van der Waals surface area contributed by atoms with Crippen LogP contribution in [-0.2, 0) is 0 Å². The van der Waals surface area contributed by atoms with Crippen molar-refractivity contribution in [3.8, 4) is 0 Å². The van der Waals surface area contributed by atoms with Crippen molar-refractivity contribution >= 4 is 23.5 Å². The summed E-state index contributed by atoms with van der Waals surface area (Å²) in [6.45, 7) is 4.80. The number of pyridine rings is 1. The monoisotopic (exact) mass is 324 g/mol. The number of aromatic nitrogens is 3. The average Bonchev–Trinajstić information content (AvgIpc) is 2.97. The van der Waals surface area contributed by atoms with Gasteiger partial charge in [0.15, 0.2) is 5.65 Å². The zero-order chi connectivity index (χ0) is 16.2. The van der Waals surface area contributed by atoms with Crippen LogP contribution < -0.4 is 5.73 Å². The number of benzene rings is 1. The van der Waals surface area contributed by atoms with E-state index >= 15 is 0 Å². The van der Waals surface area contributed by atoms with E-state index in [1.54, 1.807) is 11.8 Å². The highest BCUT2D eigenvalue weighted by Gasteiger charge is 2.10. The second kappa shape index (κ2) is 6.98. The van der Waals surface area contributed by atoms with Gasteiger partial charge in [0.1, 0.15) is 5.82 Å². The SMILES string of the molecule is CC(C)c1nnc2ccc(Sc3ccccc3/C=C/CN)cn12. The van der Waals surface area contributed by atoms with Crippen molar-refractivity contribution in [3.05, 3.63) is 60.1 Å². The summed E-state index contributed by atoms with van der Waals surface area (Å²) in [5, 5.41) is 8.50. The average molecular weight is 324 g/mol. The molecule has 118 valence electrons. The van der Waals surface area contributed by atoms with Crippen LogP contribution in [0.4, 0.5) is 0 Å². The molecule has 0 radical (unpaired) electrons. The van der Waals surface area contributed by atoms with Crippen molar-refractivity contribution in [3.63, 3.8) is 0 Å². The third kappa shape index (κ3) is 3.46. The fourth-order valence-electron chi connectivity index (χ4n) is 2.38. The van der Waals surface area contributed by atoms with Gasteiger partial charge >= 0.3 is 0 Å². The third-order valence-electron chi connectivity index (χ3n) is 3.50. The zero-order valence-corrected chi connectivity index (χ0v) is 14.1. The van der Waals surface area contributed by atoms with E-state index < -0.39 is 0 Å². The summed E-state index contributed by atoms with van der Waals surface area (Å²) in [4.78, 5) is 2.36. The molecule has 2 N–H and O–H groups in total. The fourth-order valence-corrected chi connectivity index (χ4v) is 3.32. The van der Waals surface area contributed by atoms with E-state index in [0.717, 1.165) is 16.4 Å². The fraction of sp³-hybridized carbons (Fsp3) is 0.222. The molecule has 4 nitrogen and oxygen atoms in total. The maximum Gasteiger partial charge on any atom is 0.160 e. The lowest BCUT2D eigenvalue weighted by atomic mass is 10.2. The van der Waals surface area contributed by atoms with Gasteiger partial charge < -0.3 is 5.73 Å². The first kappa shape index (κ1) is 15.8. The Hall–Kier alpha value is -2.11. The van der Waals surface area contributed by atoms with Crippen LogP contribution in [0.5, 0.6) is 0 Å². The van der Waals surface area contributed by atoms with Crippen LogP contribution >= 0.6 is 11.8 Å². The Morgan fingerprint density at radius 3 is 2.78 bits per heavy atom. The van der Waals surface area contributed by atoms with Gasteiger partial charge in [0.2, 0.25) is 0 Å². The van der Waals surface area contributed by atoms with Gasteiger partial charge in [-0.1, -0.05) is 56.0 Å². The van der Waals surface area contributed by atoms with Crippen LogP contribution in [0, 0.1) is 0 Å². The summed E-state index contributed by atoms with van der Waals surface area (Å²) in [6, 6.07) is 12.4. The van der Waals surface area contributed by atoms with E-state index in [1.165, 1.54) is 10.5 Å². The zero-order valence-electron chi connectivity index (χ0n) is 13.3. The quantitative estimate of drug-likeness (QED) is 0.771. The largest absolute Gasteiger partial charge is 0.327 e. The van der Waals surface area contributed by atoms with Crippen LogP contribution in [0.2, 0.25) is 0 Å². The molecule has 0 aliphatic rings. The van der Waals surface area contributed by atoms with E-state index in [4.69, 9.17) is 5.73 Å². The van der Waals surface area contributed by atoms with E-state index in [1.807, 2.05) is 18.2 Å². The maximum absolute atomic E-state index is 5.56. The van der Waals surface area contributed by atoms with E-state index in [0.29, 0.717) is 12.5 Å². The molecule has 0 amide bonds. The molecule has 2 aromatic heterocycles. The Morgan fingerprint density at radius 2 is 2.00 bits per heavy atom. The Morgan fingerprint density at radius 1 is 1.17 bits per heavy atom. The van der Waals surface area contributed by atoms with Crippen molar-refractivity contribution in [2.75, 3.05) is 6.54 Å². The summed E-state index contributed by atoms with van der Waals surface area (Å²) < 4.78 is 2.07. The molecule has 0 saturated carbocycles. The lowest BCUT2D eigenvalue weighted by Gasteiger charge is -2.08. The molecule has 0 bridgehead atoms. The molecular weight excluding hydrogens is 304 g/mol. The third-order valence-corrected chi connectivity index (χ3v) is 4.57. The van der Waals surface area contributed by atoms with Gasteiger partial charge in [-0.05, 0) is 23.8 Å². The first-order chi connectivity index (χ1) is 11.2. The standard InChI is InChI=1S/C18H20N4S/c1-13(2)18-21-20-17-10-9-15(12-22(17)18)23-16-8-4-3-6-14(16)7-5-11-19/h3-10,12-13H,11,19H2,1-2H3/b7-5+. The van der Waals surface area contributed by atoms with Gasteiger partial charge in [0.05, 0.1) is 0 Å². The first-order valence-electron chi connectivity index (χ1n) is 7.67. The lowest BCUT2D eigenvalue weighted by molar-refractivity contribution is 0.756. The number of hydrogen-bond donors (Lipinski definition) is 1. The number of fused-ring (bicyclic) bond motifs is 1. The molecule has 0 aliphatic heterocycles. The highest BCUT2D eigenvalue weighted by atomic mass is 32.2. The Kier molecular flexibility index (Phi) is 4.79. The summed E-state index contributed by atoms with van der Waals surface area (Å²) >= 11 is 1.73. The molecule has 23 heavy (non-hydrogen) atoms. The van der Waals surface area contributed by atoms with Gasteiger partial charge in [0, 0.05) is 28.5 Å². The minimum Gasteiger partial charge on any atom is -0.327 e. The topological polar surface area (TPSA) is 56.2 Å².